The Labute approximate surface area is 104 Å². The molecule has 1 amide bonds. The molecule has 6 nitrogen and oxygen atoms in total. The number of nitrogens with two attached hydrogens (primary N) is 1. The zero-order valence-corrected chi connectivity index (χ0v) is 10.2. The van der Waals surface area contributed by atoms with E-state index in [2.05, 4.69) is 0 Å². The molecule has 1 aromatic rings. The molecule has 6 heteroatoms. The average Bonchev–Trinajstić information content (AvgIpc) is 2.85. The number of hydrogen-bond donors (Lipinski definition) is 2. The fourth-order valence-corrected chi connectivity index (χ4v) is 2.37. The van der Waals surface area contributed by atoms with Crippen LogP contribution in [0.3, 0.4) is 0 Å². The Hall–Kier alpha value is -1.82. The van der Waals surface area contributed by atoms with Crippen molar-refractivity contribution >= 4 is 11.9 Å². The number of aryl methyl sites for hydroxylation is 1. The highest BCUT2D eigenvalue weighted by molar-refractivity contribution is 5.88. The molecular weight excluding hydrogens is 236 g/mol. The first-order valence-electron chi connectivity index (χ1n) is 5.85. The molecule has 0 spiro atoms. The summed E-state index contributed by atoms with van der Waals surface area (Å²) in [5.41, 5.74) is 5.49. The Morgan fingerprint density at radius 2 is 2.33 bits per heavy atom. The van der Waals surface area contributed by atoms with Crippen molar-refractivity contribution in [2.45, 2.75) is 32.4 Å². The summed E-state index contributed by atoms with van der Waals surface area (Å²) in [7, 11) is 0. The molecule has 0 bridgehead atoms. The van der Waals surface area contributed by atoms with E-state index in [-0.39, 0.29) is 17.5 Å². The highest BCUT2D eigenvalue weighted by Gasteiger charge is 2.30. The van der Waals surface area contributed by atoms with Crippen molar-refractivity contribution in [2.75, 3.05) is 6.54 Å². The summed E-state index contributed by atoms with van der Waals surface area (Å²) in [5.74, 6) is -0.407. The summed E-state index contributed by atoms with van der Waals surface area (Å²) >= 11 is 0. The van der Waals surface area contributed by atoms with Gasteiger partial charge in [-0.2, -0.15) is 0 Å². The lowest BCUT2D eigenvalue weighted by Gasteiger charge is -2.20. The van der Waals surface area contributed by atoms with Crippen LogP contribution in [0.2, 0.25) is 0 Å². The maximum atomic E-state index is 11.2. The molecule has 1 aliphatic heterocycles. The third-order valence-corrected chi connectivity index (χ3v) is 3.25. The van der Waals surface area contributed by atoms with E-state index >= 15 is 0 Å². The van der Waals surface area contributed by atoms with E-state index in [0.29, 0.717) is 18.1 Å². The minimum Gasteiger partial charge on any atom is -0.478 e. The van der Waals surface area contributed by atoms with Crippen molar-refractivity contribution in [2.24, 2.45) is 5.73 Å². The van der Waals surface area contributed by atoms with E-state index in [0.717, 1.165) is 19.4 Å². The number of aromatic carboxylic acids is 1. The van der Waals surface area contributed by atoms with E-state index in [9.17, 15) is 9.59 Å². The molecule has 0 radical (unpaired) electrons. The van der Waals surface area contributed by atoms with Crippen LogP contribution in [0.4, 0.5) is 0 Å². The van der Waals surface area contributed by atoms with Gasteiger partial charge in [-0.25, -0.2) is 4.79 Å². The van der Waals surface area contributed by atoms with E-state index in [1.54, 1.807) is 6.92 Å². The monoisotopic (exact) mass is 252 g/mol. The second kappa shape index (κ2) is 4.81. The summed E-state index contributed by atoms with van der Waals surface area (Å²) in [6, 6.07) is 1.23. The number of amides is 1. The number of nitrogens with zero attached hydrogens (tertiary/aromatic N) is 1. The molecule has 0 aliphatic carbocycles. The van der Waals surface area contributed by atoms with Gasteiger partial charge < -0.3 is 15.3 Å². The third-order valence-electron chi connectivity index (χ3n) is 3.25. The van der Waals surface area contributed by atoms with Crippen LogP contribution in [0.15, 0.2) is 10.5 Å². The number of primary amides is 1. The molecule has 0 saturated carbocycles. The molecule has 2 heterocycles. The first kappa shape index (κ1) is 12.6. The third kappa shape index (κ3) is 2.38. The van der Waals surface area contributed by atoms with Gasteiger partial charge in [-0.3, -0.25) is 9.69 Å². The van der Waals surface area contributed by atoms with Crippen LogP contribution in [-0.4, -0.2) is 34.5 Å². The van der Waals surface area contributed by atoms with E-state index in [4.69, 9.17) is 15.3 Å². The number of carboxylic acid groups (broad SMARTS) is 1. The zero-order valence-electron chi connectivity index (χ0n) is 10.2. The summed E-state index contributed by atoms with van der Waals surface area (Å²) in [4.78, 5) is 24.1. The molecule has 3 N–H and O–H groups in total. The number of furan rings is 1. The Kier molecular flexibility index (Phi) is 3.38. The predicted molar refractivity (Wildman–Crippen MR) is 63.0 cm³/mol. The summed E-state index contributed by atoms with van der Waals surface area (Å²) < 4.78 is 5.39. The topological polar surface area (TPSA) is 96.8 Å². The lowest BCUT2D eigenvalue weighted by Crippen LogP contribution is -2.39. The van der Waals surface area contributed by atoms with Gasteiger partial charge in [-0.1, -0.05) is 0 Å². The van der Waals surface area contributed by atoms with Crippen molar-refractivity contribution < 1.29 is 19.1 Å². The van der Waals surface area contributed by atoms with Crippen LogP contribution in [0.5, 0.6) is 0 Å². The second-order valence-electron chi connectivity index (χ2n) is 4.52. The van der Waals surface area contributed by atoms with Gasteiger partial charge in [0.15, 0.2) is 0 Å². The van der Waals surface area contributed by atoms with Crippen LogP contribution >= 0.6 is 0 Å². The smallest absolute Gasteiger partial charge is 0.339 e. The molecule has 98 valence electrons. The Bertz CT molecular complexity index is 480. The van der Waals surface area contributed by atoms with Crippen molar-refractivity contribution in [1.29, 1.82) is 0 Å². The van der Waals surface area contributed by atoms with Gasteiger partial charge in [-0.05, 0) is 32.4 Å². The van der Waals surface area contributed by atoms with E-state index < -0.39 is 5.97 Å². The van der Waals surface area contributed by atoms with Crippen molar-refractivity contribution in [3.63, 3.8) is 0 Å². The number of carbonyl (C=O) groups is 2. The first-order valence-corrected chi connectivity index (χ1v) is 5.85. The Balaban J connectivity index is 2.12. The SMILES string of the molecule is Cc1oc(CN2CCCC2C(N)=O)cc1C(=O)O. The molecule has 0 aromatic carbocycles. The second-order valence-corrected chi connectivity index (χ2v) is 4.52. The van der Waals surface area contributed by atoms with Gasteiger partial charge >= 0.3 is 5.97 Å². The van der Waals surface area contributed by atoms with Crippen molar-refractivity contribution in [3.05, 3.63) is 23.2 Å². The molecule has 1 fully saturated rings. The summed E-state index contributed by atoms with van der Waals surface area (Å²) in [6.45, 7) is 2.81. The molecule has 18 heavy (non-hydrogen) atoms. The maximum Gasteiger partial charge on any atom is 0.339 e. The van der Waals surface area contributed by atoms with Gasteiger partial charge in [0.25, 0.3) is 0 Å². The normalized spacial score (nSPS) is 20.2. The van der Waals surface area contributed by atoms with Crippen LogP contribution in [-0.2, 0) is 11.3 Å². The molecule has 1 atom stereocenters. The van der Waals surface area contributed by atoms with Crippen molar-refractivity contribution in [1.82, 2.24) is 4.90 Å². The maximum absolute atomic E-state index is 11.2. The molecule has 1 unspecified atom stereocenters. The summed E-state index contributed by atoms with van der Waals surface area (Å²) in [6.07, 6.45) is 1.67. The van der Waals surface area contributed by atoms with Gasteiger partial charge in [0, 0.05) is 0 Å². The lowest BCUT2D eigenvalue weighted by molar-refractivity contribution is -0.122. The number of hydrogen-bond acceptors (Lipinski definition) is 4. The number of carbonyl (C=O) groups excluding carboxylic acids is 1. The summed E-state index contributed by atoms with van der Waals surface area (Å²) in [5, 5.41) is 8.93. The van der Waals surface area contributed by atoms with Crippen molar-refractivity contribution in [3.8, 4) is 0 Å². The average molecular weight is 252 g/mol. The Morgan fingerprint density at radius 1 is 1.61 bits per heavy atom. The van der Waals surface area contributed by atoms with Gasteiger partial charge in [0.1, 0.15) is 17.1 Å². The fourth-order valence-electron chi connectivity index (χ4n) is 2.37. The Morgan fingerprint density at radius 3 is 2.89 bits per heavy atom. The fraction of sp³-hybridized carbons (Fsp3) is 0.500. The molecule has 1 saturated heterocycles. The largest absolute Gasteiger partial charge is 0.478 e. The van der Waals surface area contributed by atoms with Crippen LogP contribution in [0.25, 0.3) is 0 Å². The van der Waals surface area contributed by atoms with Gasteiger partial charge in [0.2, 0.25) is 5.91 Å². The van der Waals surface area contributed by atoms with Crippen LogP contribution in [0.1, 0.15) is 34.7 Å². The lowest BCUT2D eigenvalue weighted by atomic mass is 10.2. The standard InChI is InChI=1S/C12H16N2O4/c1-7-9(12(16)17)5-8(18-7)6-14-4-2-3-10(14)11(13)15/h5,10H,2-4,6H2,1H3,(H2,13,15)(H,16,17). The van der Waals surface area contributed by atoms with Crippen LogP contribution < -0.4 is 5.73 Å². The number of carboxylic acids is 1. The molecule has 2 rings (SSSR count). The zero-order chi connectivity index (χ0) is 13.3. The molecular formula is C12H16N2O4. The number of rotatable bonds is 4. The predicted octanol–water partition coefficient (Wildman–Crippen LogP) is 0.736. The quantitative estimate of drug-likeness (QED) is 0.823. The van der Waals surface area contributed by atoms with Gasteiger partial charge in [-0.15, -0.1) is 0 Å². The van der Waals surface area contributed by atoms with Crippen LogP contribution in [0, 0.1) is 6.92 Å². The highest BCUT2D eigenvalue weighted by atomic mass is 16.4. The number of likely N-dealkylation sites (tertiary alicyclic amines) is 1. The van der Waals surface area contributed by atoms with E-state index in [1.807, 2.05) is 4.90 Å². The van der Waals surface area contributed by atoms with Gasteiger partial charge in [0.05, 0.1) is 12.6 Å². The minimum absolute atomic E-state index is 0.167. The minimum atomic E-state index is -1.00. The molecule has 1 aliphatic rings. The highest BCUT2D eigenvalue weighted by Crippen LogP contribution is 2.22. The first-order chi connectivity index (χ1) is 8.49. The molecule has 1 aromatic heterocycles. The van der Waals surface area contributed by atoms with E-state index in [1.165, 1.54) is 6.07 Å².